The Bertz CT molecular complexity index is 540. The maximum absolute atomic E-state index is 10.0. The van der Waals surface area contributed by atoms with Gasteiger partial charge >= 0.3 is 0 Å². The molecule has 4 nitrogen and oxygen atoms in total. The molecule has 18 heavy (non-hydrogen) atoms. The molecule has 0 saturated carbocycles. The van der Waals surface area contributed by atoms with Crippen molar-refractivity contribution in [3.8, 4) is 0 Å². The van der Waals surface area contributed by atoms with Crippen LogP contribution < -0.4 is 5.32 Å². The van der Waals surface area contributed by atoms with Gasteiger partial charge in [0.25, 0.3) is 0 Å². The SMILES string of the molecule is C=C1NC=C(Cl)C(c2cnn(CC(C)C)c2)=C1O. The van der Waals surface area contributed by atoms with Crippen LogP contribution in [0.25, 0.3) is 5.57 Å². The highest BCUT2D eigenvalue weighted by Gasteiger charge is 2.20. The topological polar surface area (TPSA) is 50.1 Å². The molecule has 2 heterocycles. The molecule has 0 radical (unpaired) electrons. The van der Waals surface area contributed by atoms with E-state index in [9.17, 15) is 5.11 Å². The Morgan fingerprint density at radius 1 is 1.56 bits per heavy atom. The molecule has 1 aromatic heterocycles. The molecule has 0 atom stereocenters. The average molecular weight is 266 g/mol. The van der Waals surface area contributed by atoms with E-state index in [4.69, 9.17) is 11.6 Å². The summed E-state index contributed by atoms with van der Waals surface area (Å²) >= 11 is 6.09. The zero-order valence-electron chi connectivity index (χ0n) is 10.4. The number of allylic oxidation sites excluding steroid dienone is 2. The van der Waals surface area contributed by atoms with Gasteiger partial charge in [-0.1, -0.05) is 32.0 Å². The number of rotatable bonds is 3. The molecule has 0 spiro atoms. The number of aliphatic hydroxyl groups excluding tert-OH is 1. The van der Waals surface area contributed by atoms with Crippen LogP contribution in [0.15, 0.2) is 41.7 Å². The van der Waals surface area contributed by atoms with E-state index < -0.39 is 0 Å². The van der Waals surface area contributed by atoms with Crippen molar-refractivity contribution >= 4 is 17.2 Å². The molecule has 0 unspecified atom stereocenters. The molecule has 2 N–H and O–H groups in total. The first kappa shape index (κ1) is 12.8. The fourth-order valence-corrected chi connectivity index (χ4v) is 2.05. The first-order valence-corrected chi connectivity index (χ1v) is 6.14. The van der Waals surface area contributed by atoms with Crippen molar-refractivity contribution in [2.45, 2.75) is 20.4 Å². The highest BCUT2D eigenvalue weighted by molar-refractivity contribution is 6.37. The second kappa shape index (κ2) is 4.90. The number of halogens is 1. The lowest BCUT2D eigenvalue weighted by atomic mass is 10.1. The molecule has 5 heteroatoms. The standard InChI is InChI=1S/C13H16ClN3O/c1-8(2)6-17-7-10(4-16-17)12-11(14)5-15-9(3)13(12)18/h4-5,7-8,15,18H,3,6H2,1-2H3. The lowest BCUT2D eigenvalue weighted by molar-refractivity contribution is 0.420. The Morgan fingerprint density at radius 3 is 2.94 bits per heavy atom. The van der Waals surface area contributed by atoms with Crippen LogP contribution in [0.2, 0.25) is 0 Å². The second-order valence-corrected chi connectivity index (χ2v) is 5.09. The Balaban J connectivity index is 2.36. The number of nitrogens with one attached hydrogen (secondary N) is 1. The molecule has 0 aliphatic carbocycles. The van der Waals surface area contributed by atoms with Crippen LogP contribution in [-0.2, 0) is 6.54 Å². The highest BCUT2D eigenvalue weighted by atomic mass is 35.5. The Morgan fingerprint density at radius 2 is 2.28 bits per heavy atom. The predicted octanol–water partition coefficient (Wildman–Crippen LogP) is 3.01. The van der Waals surface area contributed by atoms with Gasteiger partial charge in [0.15, 0.2) is 0 Å². The van der Waals surface area contributed by atoms with Gasteiger partial charge in [-0.2, -0.15) is 5.10 Å². The second-order valence-electron chi connectivity index (χ2n) is 4.68. The molecule has 0 bridgehead atoms. The summed E-state index contributed by atoms with van der Waals surface area (Å²) in [7, 11) is 0. The van der Waals surface area contributed by atoms with E-state index in [0.29, 0.717) is 22.2 Å². The lowest BCUT2D eigenvalue weighted by Crippen LogP contribution is -2.13. The minimum absolute atomic E-state index is 0.0617. The molecule has 1 aliphatic rings. The van der Waals surface area contributed by atoms with Gasteiger partial charge in [-0.3, -0.25) is 4.68 Å². The quantitative estimate of drug-likeness (QED) is 0.883. The Kier molecular flexibility index (Phi) is 3.48. The minimum atomic E-state index is 0.0617. The van der Waals surface area contributed by atoms with Crippen molar-refractivity contribution in [2.24, 2.45) is 5.92 Å². The summed E-state index contributed by atoms with van der Waals surface area (Å²) in [6, 6.07) is 0. The number of nitrogens with zero attached hydrogens (tertiary/aromatic N) is 2. The number of hydrogen-bond donors (Lipinski definition) is 2. The van der Waals surface area contributed by atoms with Crippen LogP contribution in [0.3, 0.4) is 0 Å². The molecule has 0 amide bonds. The van der Waals surface area contributed by atoms with E-state index in [2.05, 4.69) is 30.8 Å². The molecule has 1 aliphatic heterocycles. The van der Waals surface area contributed by atoms with Gasteiger partial charge in [-0.05, 0) is 5.92 Å². The summed E-state index contributed by atoms with van der Waals surface area (Å²) in [4.78, 5) is 0. The normalized spacial score (nSPS) is 16.0. The molecule has 0 aromatic carbocycles. The van der Waals surface area contributed by atoms with Crippen molar-refractivity contribution in [1.82, 2.24) is 15.1 Å². The van der Waals surface area contributed by atoms with E-state index in [-0.39, 0.29) is 5.76 Å². The predicted molar refractivity (Wildman–Crippen MR) is 72.8 cm³/mol. The fraction of sp³-hybridized carbons (Fsp3) is 0.308. The van der Waals surface area contributed by atoms with Crippen molar-refractivity contribution in [3.05, 3.63) is 47.2 Å². The van der Waals surface area contributed by atoms with Crippen LogP contribution in [0, 0.1) is 5.92 Å². The third kappa shape index (κ3) is 2.43. The molecule has 1 aromatic rings. The summed E-state index contributed by atoms with van der Waals surface area (Å²) in [6.45, 7) is 8.78. The zero-order chi connectivity index (χ0) is 13.3. The van der Waals surface area contributed by atoms with Gasteiger partial charge < -0.3 is 10.4 Å². The van der Waals surface area contributed by atoms with Gasteiger partial charge in [0.05, 0.1) is 16.9 Å². The van der Waals surface area contributed by atoms with Crippen LogP contribution in [-0.4, -0.2) is 14.9 Å². The van der Waals surface area contributed by atoms with Crippen molar-refractivity contribution in [2.75, 3.05) is 0 Å². The van der Waals surface area contributed by atoms with Crippen molar-refractivity contribution in [1.29, 1.82) is 0 Å². The number of aliphatic hydroxyl groups is 1. The molecule has 96 valence electrons. The number of hydrogen-bond acceptors (Lipinski definition) is 3. The fourth-order valence-electron chi connectivity index (χ4n) is 1.80. The largest absolute Gasteiger partial charge is 0.505 e. The third-order valence-corrected chi connectivity index (χ3v) is 2.91. The monoisotopic (exact) mass is 265 g/mol. The first-order valence-electron chi connectivity index (χ1n) is 5.77. The first-order chi connectivity index (χ1) is 8.49. The van der Waals surface area contributed by atoms with E-state index in [1.165, 1.54) is 0 Å². The zero-order valence-corrected chi connectivity index (χ0v) is 11.2. The Hall–Kier alpha value is -1.68. The van der Waals surface area contributed by atoms with E-state index in [1.54, 1.807) is 12.4 Å². The van der Waals surface area contributed by atoms with E-state index >= 15 is 0 Å². The average Bonchev–Trinajstić information content (AvgIpc) is 2.71. The maximum atomic E-state index is 10.0. The summed E-state index contributed by atoms with van der Waals surface area (Å²) < 4.78 is 1.84. The van der Waals surface area contributed by atoms with Crippen LogP contribution >= 0.6 is 11.6 Å². The Labute approximate surface area is 111 Å². The van der Waals surface area contributed by atoms with E-state index in [0.717, 1.165) is 12.1 Å². The van der Waals surface area contributed by atoms with Crippen LogP contribution in [0.4, 0.5) is 0 Å². The van der Waals surface area contributed by atoms with Gasteiger partial charge in [0.2, 0.25) is 0 Å². The third-order valence-electron chi connectivity index (χ3n) is 2.61. The number of dihydropyridines is 1. The maximum Gasteiger partial charge on any atom is 0.147 e. The summed E-state index contributed by atoms with van der Waals surface area (Å²) in [5.41, 5.74) is 1.79. The van der Waals surface area contributed by atoms with E-state index in [1.807, 2.05) is 10.9 Å². The molecular weight excluding hydrogens is 250 g/mol. The van der Waals surface area contributed by atoms with Crippen molar-refractivity contribution in [3.63, 3.8) is 0 Å². The molecular formula is C13H16ClN3O. The number of aromatic nitrogens is 2. The lowest BCUT2D eigenvalue weighted by Gasteiger charge is -2.16. The molecule has 0 saturated heterocycles. The summed E-state index contributed by atoms with van der Waals surface area (Å²) in [5, 5.41) is 17.5. The van der Waals surface area contributed by atoms with Gasteiger partial charge in [-0.15, -0.1) is 0 Å². The highest BCUT2D eigenvalue weighted by Crippen LogP contribution is 2.32. The molecule has 0 fully saturated rings. The summed E-state index contributed by atoms with van der Waals surface area (Å²) in [5.74, 6) is 0.570. The molecule has 2 rings (SSSR count). The van der Waals surface area contributed by atoms with Gasteiger partial charge in [0.1, 0.15) is 5.76 Å². The van der Waals surface area contributed by atoms with Crippen molar-refractivity contribution < 1.29 is 5.11 Å². The smallest absolute Gasteiger partial charge is 0.147 e. The van der Waals surface area contributed by atoms with Gasteiger partial charge in [-0.25, -0.2) is 0 Å². The summed E-state index contributed by atoms with van der Waals surface area (Å²) in [6.07, 6.45) is 5.18. The minimum Gasteiger partial charge on any atom is -0.505 e. The van der Waals surface area contributed by atoms with Gasteiger partial charge in [0, 0.05) is 30.1 Å². The van der Waals surface area contributed by atoms with Crippen LogP contribution in [0.1, 0.15) is 19.4 Å². The van der Waals surface area contributed by atoms with Crippen LogP contribution in [0.5, 0.6) is 0 Å².